The molecule has 0 atom stereocenters. The van der Waals surface area contributed by atoms with Gasteiger partial charge in [-0.05, 0) is 60.0 Å². The lowest BCUT2D eigenvalue weighted by Gasteiger charge is -2.25. The van der Waals surface area contributed by atoms with Crippen LogP contribution in [0.4, 0.5) is 17.2 Å². The van der Waals surface area contributed by atoms with Crippen molar-refractivity contribution in [1.82, 2.24) is 14.8 Å². The first-order chi connectivity index (χ1) is 14.4. The van der Waals surface area contributed by atoms with Crippen molar-refractivity contribution in [2.45, 2.75) is 0 Å². The molecule has 4 nitrogen and oxygen atoms in total. The van der Waals surface area contributed by atoms with E-state index >= 15 is 0 Å². The Labute approximate surface area is 173 Å². The van der Waals surface area contributed by atoms with Crippen molar-refractivity contribution in [3.05, 3.63) is 109 Å². The Bertz CT molecular complexity index is 1120. The lowest BCUT2D eigenvalue weighted by atomic mass is 10.2. The second-order valence-corrected chi connectivity index (χ2v) is 7.45. The van der Waals surface area contributed by atoms with Crippen LogP contribution in [0.15, 0.2) is 109 Å². The van der Waals surface area contributed by atoms with Gasteiger partial charge in [-0.3, -0.25) is 4.90 Å². The van der Waals surface area contributed by atoms with Crippen molar-refractivity contribution in [3.8, 4) is 16.3 Å². The van der Waals surface area contributed by atoms with Crippen LogP contribution in [0.5, 0.6) is 0 Å². The molecule has 0 saturated carbocycles. The van der Waals surface area contributed by atoms with Crippen molar-refractivity contribution >= 4 is 28.5 Å². The average Bonchev–Trinajstić information content (AvgIpc) is 3.50. The van der Waals surface area contributed by atoms with E-state index in [1.165, 1.54) is 0 Å². The second-order valence-electron chi connectivity index (χ2n) is 6.50. The molecule has 0 N–H and O–H groups in total. The summed E-state index contributed by atoms with van der Waals surface area (Å²) in [6.07, 6.45) is 3.73. The molecular weight excluding hydrogens is 376 g/mol. The van der Waals surface area contributed by atoms with Crippen LogP contribution in [0.25, 0.3) is 16.3 Å². The van der Waals surface area contributed by atoms with Crippen molar-refractivity contribution in [2.24, 2.45) is 0 Å². The number of pyridine rings is 1. The van der Waals surface area contributed by atoms with E-state index < -0.39 is 0 Å². The number of para-hydroxylation sites is 1. The molecule has 5 aromatic rings. The molecule has 2 aromatic carbocycles. The summed E-state index contributed by atoms with van der Waals surface area (Å²) in [5, 5.41) is 6.44. The Morgan fingerprint density at radius 1 is 0.759 bits per heavy atom. The predicted molar refractivity (Wildman–Crippen MR) is 119 cm³/mol. The fraction of sp³-hybridized carbons (Fsp3) is 0. The van der Waals surface area contributed by atoms with E-state index in [0.717, 1.165) is 33.5 Å². The quantitative estimate of drug-likeness (QED) is 0.343. The largest absolute Gasteiger partial charge is 0.295 e. The summed E-state index contributed by atoms with van der Waals surface area (Å²) >= 11 is 1.70. The molecule has 0 aliphatic heterocycles. The highest BCUT2D eigenvalue weighted by Gasteiger charge is 2.15. The van der Waals surface area contributed by atoms with Crippen LogP contribution >= 0.6 is 11.3 Å². The third-order valence-electron chi connectivity index (χ3n) is 4.61. The molecule has 140 valence electrons. The second kappa shape index (κ2) is 7.73. The van der Waals surface area contributed by atoms with E-state index in [1.54, 1.807) is 17.5 Å². The fourth-order valence-electron chi connectivity index (χ4n) is 3.30. The standard InChI is InChI=1S/C24H18N4S/c1-2-8-19(9-3-1)28(21-11-4-10-20(18-21)27-16-7-15-25-27)24-14-5-12-22(26-24)23-13-6-17-29-23/h1-18H. The van der Waals surface area contributed by atoms with Gasteiger partial charge in [-0.2, -0.15) is 5.10 Å². The van der Waals surface area contributed by atoms with Crippen LogP contribution < -0.4 is 4.90 Å². The first-order valence-electron chi connectivity index (χ1n) is 9.35. The van der Waals surface area contributed by atoms with Gasteiger partial charge in [0.1, 0.15) is 5.82 Å². The Morgan fingerprint density at radius 3 is 2.41 bits per heavy atom. The number of rotatable bonds is 5. The zero-order valence-electron chi connectivity index (χ0n) is 15.6. The van der Waals surface area contributed by atoms with Gasteiger partial charge in [-0.1, -0.05) is 36.4 Å². The Balaban J connectivity index is 1.64. The van der Waals surface area contributed by atoms with Crippen LogP contribution in [-0.2, 0) is 0 Å². The predicted octanol–water partition coefficient (Wildman–Crippen LogP) is 6.47. The summed E-state index contributed by atoms with van der Waals surface area (Å²) in [7, 11) is 0. The van der Waals surface area contributed by atoms with Crippen LogP contribution in [0.1, 0.15) is 0 Å². The summed E-state index contributed by atoms with van der Waals surface area (Å²) in [6, 6.07) is 30.9. The highest BCUT2D eigenvalue weighted by Crippen LogP contribution is 2.35. The molecule has 0 radical (unpaired) electrons. The molecule has 29 heavy (non-hydrogen) atoms. The number of hydrogen-bond donors (Lipinski definition) is 0. The van der Waals surface area contributed by atoms with Gasteiger partial charge < -0.3 is 0 Å². The molecule has 0 amide bonds. The van der Waals surface area contributed by atoms with Gasteiger partial charge in [0.2, 0.25) is 0 Å². The monoisotopic (exact) mass is 394 g/mol. The van der Waals surface area contributed by atoms with Gasteiger partial charge >= 0.3 is 0 Å². The average molecular weight is 395 g/mol. The van der Waals surface area contributed by atoms with Gasteiger partial charge in [-0.15, -0.1) is 11.3 Å². The molecule has 0 saturated heterocycles. The fourth-order valence-corrected chi connectivity index (χ4v) is 3.99. The summed E-state index contributed by atoms with van der Waals surface area (Å²) in [6.45, 7) is 0. The Morgan fingerprint density at radius 2 is 1.62 bits per heavy atom. The number of benzene rings is 2. The van der Waals surface area contributed by atoms with Gasteiger partial charge in [-0.25, -0.2) is 9.67 Å². The first-order valence-corrected chi connectivity index (χ1v) is 10.2. The zero-order valence-corrected chi connectivity index (χ0v) is 16.4. The maximum atomic E-state index is 4.97. The van der Waals surface area contributed by atoms with Gasteiger partial charge in [0, 0.05) is 23.8 Å². The van der Waals surface area contributed by atoms with Crippen molar-refractivity contribution in [2.75, 3.05) is 4.90 Å². The third kappa shape index (κ3) is 3.56. The summed E-state index contributed by atoms with van der Waals surface area (Å²) in [5.41, 5.74) is 4.06. The van der Waals surface area contributed by atoms with Gasteiger partial charge in [0.05, 0.1) is 16.3 Å². The van der Waals surface area contributed by atoms with Crippen LogP contribution in [0.3, 0.4) is 0 Å². The highest BCUT2D eigenvalue weighted by molar-refractivity contribution is 7.13. The maximum absolute atomic E-state index is 4.97. The number of nitrogens with zero attached hydrogens (tertiary/aromatic N) is 4. The van der Waals surface area contributed by atoms with Crippen LogP contribution in [0.2, 0.25) is 0 Å². The molecule has 3 aromatic heterocycles. The summed E-state index contributed by atoms with van der Waals surface area (Å²) in [4.78, 5) is 8.30. The van der Waals surface area contributed by atoms with E-state index in [0.29, 0.717) is 0 Å². The zero-order chi connectivity index (χ0) is 19.5. The normalized spacial score (nSPS) is 10.8. The van der Waals surface area contributed by atoms with E-state index in [1.807, 2.05) is 47.3 Å². The van der Waals surface area contributed by atoms with E-state index in [2.05, 4.69) is 70.0 Å². The van der Waals surface area contributed by atoms with E-state index in [4.69, 9.17) is 4.98 Å². The van der Waals surface area contributed by atoms with Crippen molar-refractivity contribution < 1.29 is 0 Å². The molecular formula is C24H18N4S. The van der Waals surface area contributed by atoms with Crippen LogP contribution in [0, 0.1) is 0 Å². The van der Waals surface area contributed by atoms with Crippen molar-refractivity contribution in [1.29, 1.82) is 0 Å². The number of anilines is 3. The van der Waals surface area contributed by atoms with Gasteiger partial charge in [0.25, 0.3) is 0 Å². The lowest BCUT2D eigenvalue weighted by Crippen LogP contribution is -2.12. The Kier molecular flexibility index (Phi) is 4.64. The molecule has 0 spiro atoms. The molecule has 0 bridgehead atoms. The highest BCUT2D eigenvalue weighted by atomic mass is 32.1. The third-order valence-corrected chi connectivity index (χ3v) is 5.50. The summed E-state index contributed by atoms with van der Waals surface area (Å²) < 4.78 is 1.86. The smallest absolute Gasteiger partial charge is 0.138 e. The molecule has 3 heterocycles. The SMILES string of the molecule is c1ccc(N(c2cccc(-n3cccn3)c2)c2cccc(-c3cccs3)n2)cc1. The van der Waals surface area contributed by atoms with Crippen molar-refractivity contribution in [3.63, 3.8) is 0 Å². The number of hydrogen-bond acceptors (Lipinski definition) is 4. The molecule has 0 fully saturated rings. The molecule has 0 unspecified atom stereocenters. The number of thiophene rings is 1. The minimum absolute atomic E-state index is 0.875. The summed E-state index contributed by atoms with van der Waals surface area (Å²) in [5.74, 6) is 0.875. The number of aromatic nitrogens is 3. The lowest BCUT2D eigenvalue weighted by molar-refractivity contribution is 0.880. The minimum Gasteiger partial charge on any atom is -0.295 e. The van der Waals surface area contributed by atoms with Gasteiger partial charge in [0.15, 0.2) is 0 Å². The molecule has 0 aliphatic carbocycles. The topological polar surface area (TPSA) is 34.0 Å². The van der Waals surface area contributed by atoms with Crippen LogP contribution in [-0.4, -0.2) is 14.8 Å². The Hall–Kier alpha value is -3.70. The van der Waals surface area contributed by atoms with E-state index in [-0.39, 0.29) is 0 Å². The minimum atomic E-state index is 0.875. The molecule has 0 aliphatic rings. The molecule has 5 rings (SSSR count). The molecule has 5 heteroatoms. The first kappa shape index (κ1) is 17.4. The van der Waals surface area contributed by atoms with E-state index in [9.17, 15) is 0 Å². The maximum Gasteiger partial charge on any atom is 0.138 e.